The molecule has 0 amide bonds. The second-order valence-electron chi connectivity index (χ2n) is 8.24. The zero-order chi connectivity index (χ0) is 17.9. The van der Waals surface area contributed by atoms with Crippen LogP contribution >= 0.6 is 0 Å². The predicted octanol–water partition coefficient (Wildman–Crippen LogP) is 4.48. The smallest absolute Gasteiger partial charge is 0.192 e. The van der Waals surface area contributed by atoms with E-state index in [1.165, 1.54) is 0 Å². The van der Waals surface area contributed by atoms with Crippen molar-refractivity contribution in [2.45, 2.75) is 71.0 Å². The Bertz CT molecular complexity index is 570. The third-order valence-corrected chi connectivity index (χ3v) is 9.88. The van der Waals surface area contributed by atoms with Crippen molar-refractivity contribution in [2.24, 2.45) is 4.40 Å². The lowest BCUT2D eigenvalue weighted by atomic mass is 10.2. The molecule has 1 atom stereocenters. The number of aromatic nitrogens is 1. The lowest BCUT2D eigenvalue weighted by Crippen LogP contribution is -2.40. The maximum Gasteiger partial charge on any atom is 0.192 e. The van der Waals surface area contributed by atoms with Crippen LogP contribution in [-0.4, -0.2) is 28.5 Å². The van der Waals surface area contributed by atoms with Gasteiger partial charge in [-0.25, -0.2) is 4.21 Å². The van der Waals surface area contributed by atoms with Gasteiger partial charge in [0.05, 0.1) is 23.3 Å². The first kappa shape index (κ1) is 20.2. The minimum Gasteiger partial charge on any atom is -0.413 e. The molecule has 0 aliphatic carbocycles. The molecular weight excluding hydrogens is 324 g/mol. The van der Waals surface area contributed by atoms with Crippen molar-refractivity contribution in [3.63, 3.8) is 0 Å². The Hall–Kier alpha value is -0.853. The number of hydrogen-bond acceptors (Lipinski definition) is 3. The maximum absolute atomic E-state index is 11.9. The van der Waals surface area contributed by atoms with Crippen molar-refractivity contribution in [1.82, 2.24) is 4.98 Å². The van der Waals surface area contributed by atoms with E-state index in [2.05, 4.69) is 43.2 Å². The van der Waals surface area contributed by atoms with Crippen LogP contribution in [0.1, 0.15) is 52.8 Å². The quantitative estimate of drug-likeness (QED) is 0.578. The molecule has 0 aliphatic rings. The highest BCUT2D eigenvalue weighted by molar-refractivity contribution is 7.85. The third-order valence-electron chi connectivity index (χ3n) is 4.06. The van der Waals surface area contributed by atoms with Gasteiger partial charge in [-0.1, -0.05) is 26.8 Å². The van der Waals surface area contributed by atoms with E-state index in [9.17, 15) is 4.21 Å². The molecule has 0 N–H and O–H groups in total. The van der Waals surface area contributed by atoms with Gasteiger partial charge in [-0.05, 0) is 50.5 Å². The van der Waals surface area contributed by atoms with Crippen molar-refractivity contribution in [1.29, 1.82) is 0 Å². The molecule has 0 bridgehead atoms. The molecular formula is C17H30N2O2SSi. The first-order valence-electron chi connectivity index (χ1n) is 7.88. The molecule has 1 rings (SSSR count). The van der Waals surface area contributed by atoms with Gasteiger partial charge in [-0.3, -0.25) is 4.98 Å². The fraction of sp³-hybridized carbons (Fsp3) is 0.647. The van der Waals surface area contributed by atoms with Crippen molar-refractivity contribution in [2.75, 3.05) is 0 Å². The molecule has 0 spiro atoms. The number of nitrogens with zero attached hydrogens (tertiary/aromatic N) is 2. The molecule has 0 aromatic carbocycles. The van der Waals surface area contributed by atoms with E-state index in [1.807, 2.05) is 32.9 Å². The molecule has 130 valence electrons. The van der Waals surface area contributed by atoms with Crippen molar-refractivity contribution >= 4 is 25.5 Å². The van der Waals surface area contributed by atoms with Crippen molar-refractivity contribution < 1.29 is 8.63 Å². The Kier molecular flexibility index (Phi) is 6.46. The lowest BCUT2D eigenvalue weighted by molar-refractivity contribution is 0.276. The minimum absolute atomic E-state index is 0.198. The maximum atomic E-state index is 11.9. The van der Waals surface area contributed by atoms with Gasteiger partial charge in [0.25, 0.3) is 0 Å². The largest absolute Gasteiger partial charge is 0.413 e. The van der Waals surface area contributed by atoms with Gasteiger partial charge in [0.1, 0.15) is 11.0 Å². The zero-order valence-electron chi connectivity index (χ0n) is 15.6. The van der Waals surface area contributed by atoms with Gasteiger partial charge in [-0.15, -0.1) is 0 Å². The molecule has 0 radical (unpaired) electrons. The van der Waals surface area contributed by atoms with Crippen LogP contribution < -0.4 is 0 Å². The van der Waals surface area contributed by atoms with E-state index in [0.717, 1.165) is 5.56 Å². The normalized spacial score (nSPS) is 15.1. The molecule has 0 fully saturated rings. The summed E-state index contributed by atoms with van der Waals surface area (Å²) < 4.78 is 21.8. The SMILES string of the molecule is CC(C)(C)S(=O)N=Cc1ccc(CO[Si](C)(C)C(C)(C)C)cn1. The highest BCUT2D eigenvalue weighted by atomic mass is 32.2. The molecule has 1 unspecified atom stereocenters. The highest BCUT2D eigenvalue weighted by Crippen LogP contribution is 2.36. The van der Waals surface area contributed by atoms with Gasteiger partial charge in [0.15, 0.2) is 8.32 Å². The minimum atomic E-state index is -1.75. The Morgan fingerprint density at radius 2 is 1.83 bits per heavy atom. The summed E-state index contributed by atoms with van der Waals surface area (Å²) in [5, 5.41) is 0.198. The van der Waals surface area contributed by atoms with E-state index >= 15 is 0 Å². The monoisotopic (exact) mass is 354 g/mol. The molecule has 1 aromatic rings. The average molecular weight is 355 g/mol. The summed E-state index contributed by atoms with van der Waals surface area (Å²) in [7, 11) is -3.00. The lowest BCUT2D eigenvalue weighted by Gasteiger charge is -2.36. The molecule has 1 heterocycles. The van der Waals surface area contributed by atoms with Gasteiger partial charge >= 0.3 is 0 Å². The summed E-state index contributed by atoms with van der Waals surface area (Å²) >= 11 is 0. The Labute approximate surface area is 144 Å². The van der Waals surface area contributed by atoms with Gasteiger partial charge < -0.3 is 4.43 Å². The molecule has 0 saturated heterocycles. The van der Waals surface area contributed by atoms with Crippen LogP contribution in [0.3, 0.4) is 0 Å². The molecule has 1 aromatic heterocycles. The number of rotatable bonds is 5. The Morgan fingerprint density at radius 1 is 1.22 bits per heavy atom. The first-order valence-corrected chi connectivity index (χ1v) is 11.9. The molecule has 6 heteroatoms. The second kappa shape index (κ2) is 7.36. The Morgan fingerprint density at radius 3 is 2.26 bits per heavy atom. The van der Waals surface area contributed by atoms with Crippen LogP contribution in [0.15, 0.2) is 22.7 Å². The number of pyridine rings is 1. The van der Waals surface area contributed by atoms with Gasteiger partial charge in [-0.2, -0.15) is 4.40 Å². The Balaban J connectivity index is 2.68. The highest BCUT2D eigenvalue weighted by Gasteiger charge is 2.36. The fourth-order valence-electron chi connectivity index (χ4n) is 1.34. The zero-order valence-corrected chi connectivity index (χ0v) is 17.5. The number of hydrogen-bond donors (Lipinski definition) is 0. The first-order chi connectivity index (χ1) is 10.3. The van der Waals surface area contributed by atoms with Crippen LogP contribution in [-0.2, 0) is 22.0 Å². The van der Waals surface area contributed by atoms with E-state index in [0.29, 0.717) is 12.3 Å². The molecule has 23 heavy (non-hydrogen) atoms. The van der Waals surface area contributed by atoms with Crippen molar-refractivity contribution in [3.05, 3.63) is 29.6 Å². The molecule has 0 saturated carbocycles. The van der Waals surface area contributed by atoms with Crippen LogP contribution in [0.5, 0.6) is 0 Å². The average Bonchev–Trinajstić information content (AvgIpc) is 2.41. The van der Waals surface area contributed by atoms with E-state index < -0.39 is 19.3 Å². The summed E-state index contributed by atoms with van der Waals surface area (Å²) in [5.74, 6) is 0. The summed E-state index contributed by atoms with van der Waals surface area (Å²) in [6.45, 7) is 17.4. The van der Waals surface area contributed by atoms with E-state index in [1.54, 1.807) is 12.4 Å². The predicted molar refractivity (Wildman–Crippen MR) is 102 cm³/mol. The fourth-order valence-corrected chi connectivity index (χ4v) is 2.82. The molecule has 0 aliphatic heterocycles. The van der Waals surface area contributed by atoms with Gasteiger partial charge in [0, 0.05) is 6.20 Å². The third kappa shape index (κ3) is 6.28. The van der Waals surface area contributed by atoms with Gasteiger partial charge in [0.2, 0.25) is 0 Å². The topological polar surface area (TPSA) is 51.5 Å². The van der Waals surface area contributed by atoms with Crippen LogP contribution in [0.4, 0.5) is 0 Å². The summed E-state index contributed by atoms with van der Waals surface area (Å²) in [6.07, 6.45) is 3.37. The summed E-state index contributed by atoms with van der Waals surface area (Å²) in [5.41, 5.74) is 1.75. The van der Waals surface area contributed by atoms with Crippen LogP contribution in [0, 0.1) is 0 Å². The van der Waals surface area contributed by atoms with Crippen LogP contribution in [0.2, 0.25) is 18.1 Å². The van der Waals surface area contributed by atoms with E-state index in [4.69, 9.17) is 4.43 Å². The summed E-state index contributed by atoms with van der Waals surface area (Å²) in [6, 6.07) is 3.87. The van der Waals surface area contributed by atoms with Crippen molar-refractivity contribution in [3.8, 4) is 0 Å². The second-order valence-corrected chi connectivity index (χ2v) is 15.0. The van der Waals surface area contributed by atoms with Crippen LogP contribution in [0.25, 0.3) is 0 Å². The van der Waals surface area contributed by atoms with E-state index in [-0.39, 0.29) is 9.79 Å². The standard InChI is InChI=1S/C17H30N2O2SSi/c1-16(2,3)22(20)19-12-15-10-9-14(11-18-15)13-21-23(7,8)17(4,5)6/h9-12H,13H2,1-8H3. The summed E-state index contributed by atoms with van der Waals surface area (Å²) in [4.78, 5) is 4.35. The molecule has 4 nitrogen and oxygen atoms in total.